The Labute approximate surface area is 145 Å². The van der Waals surface area contributed by atoms with Gasteiger partial charge in [0.2, 0.25) is 5.91 Å². The van der Waals surface area contributed by atoms with Crippen LogP contribution in [0.4, 0.5) is 0 Å². The largest absolute Gasteiger partial charge is 0.367 e. The maximum absolute atomic E-state index is 12.6. The molecule has 1 aliphatic heterocycles. The predicted octanol–water partition coefficient (Wildman–Crippen LogP) is 1.77. The molecular formula is C16H23N5O2S. The van der Waals surface area contributed by atoms with Crippen LogP contribution in [0, 0.1) is 6.92 Å². The SMILES string of the molecule is Cc1nc(C2CN(CC(=O)N(C)C(C)c3cccs3)CCO2)n[nH]1. The molecule has 130 valence electrons. The summed E-state index contributed by atoms with van der Waals surface area (Å²) in [5.74, 6) is 1.54. The van der Waals surface area contributed by atoms with Crippen molar-refractivity contribution in [2.45, 2.75) is 26.0 Å². The number of morpholine rings is 1. The molecule has 7 nitrogen and oxygen atoms in total. The van der Waals surface area contributed by atoms with Gasteiger partial charge in [-0.1, -0.05) is 6.07 Å². The molecule has 1 fully saturated rings. The molecule has 0 bridgehead atoms. The zero-order valence-electron chi connectivity index (χ0n) is 14.2. The minimum atomic E-state index is -0.184. The van der Waals surface area contributed by atoms with Gasteiger partial charge in [-0.25, -0.2) is 4.98 Å². The molecule has 0 radical (unpaired) electrons. The standard InChI is InChI=1S/C16H23N5O2S/c1-11(14-5-4-8-24-14)20(3)15(22)10-21-6-7-23-13(9-21)16-17-12(2)18-19-16/h4-5,8,11,13H,6-7,9-10H2,1-3H3,(H,17,18,19). The number of likely N-dealkylation sites (N-methyl/N-ethyl adjacent to an activating group) is 1. The second-order valence-corrected chi connectivity index (χ2v) is 7.05. The van der Waals surface area contributed by atoms with Gasteiger partial charge < -0.3 is 9.64 Å². The number of aromatic nitrogens is 3. The van der Waals surface area contributed by atoms with E-state index in [0.717, 1.165) is 12.4 Å². The highest BCUT2D eigenvalue weighted by molar-refractivity contribution is 7.10. The fourth-order valence-corrected chi connectivity index (χ4v) is 3.57. The quantitative estimate of drug-likeness (QED) is 0.890. The summed E-state index contributed by atoms with van der Waals surface area (Å²) in [7, 11) is 1.86. The number of aromatic amines is 1. The van der Waals surface area contributed by atoms with E-state index in [-0.39, 0.29) is 18.1 Å². The molecule has 1 amide bonds. The lowest BCUT2D eigenvalue weighted by Gasteiger charge is -2.33. The number of hydrogen-bond donors (Lipinski definition) is 1. The normalized spacial score (nSPS) is 20.0. The molecule has 2 aromatic rings. The summed E-state index contributed by atoms with van der Waals surface area (Å²) in [6, 6.07) is 4.17. The van der Waals surface area contributed by atoms with Gasteiger partial charge in [0.1, 0.15) is 11.9 Å². The van der Waals surface area contributed by atoms with Crippen LogP contribution in [-0.2, 0) is 9.53 Å². The molecule has 1 N–H and O–H groups in total. The first-order chi connectivity index (χ1) is 11.5. The zero-order chi connectivity index (χ0) is 17.1. The third kappa shape index (κ3) is 3.82. The fraction of sp³-hybridized carbons (Fsp3) is 0.562. The molecule has 2 aromatic heterocycles. The highest BCUT2D eigenvalue weighted by Crippen LogP contribution is 2.24. The highest BCUT2D eigenvalue weighted by Gasteiger charge is 2.28. The molecule has 3 rings (SSSR count). The summed E-state index contributed by atoms with van der Waals surface area (Å²) in [4.78, 5) is 22.1. The molecule has 1 saturated heterocycles. The monoisotopic (exact) mass is 349 g/mol. The van der Waals surface area contributed by atoms with Gasteiger partial charge in [-0.2, -0.15) is 5.10 Å². The van der Waals surface area contributed by atoms with E-state index in [0.29, 0.717) is 25.5 Å². The smallest absolute Gasteiger partial charge is 0.237 e. The van der Waals surface area contributed by atoms with Crippen molar-refractivity contribution < 1.29 is 9.53 Å². The topological polar surface area (TPSA) is 74.3 Å². The number of carbonyl (C=O) groups excluding carboxylic acids is 1. The van der Waals surface area contributed by atoms with Crippen molar-refractivity contribution in [3.8, 4) is 0 Å². The van der Waals surface area contributed by atoms with Gasteiger partial charge in [-0.05, 0) is 25.3 Å². The van der Waals surface area contributed by atoms with E-state index in [1.54, 1.807) is 11.3 Å². The number of hydrogen-bond acceptors (Lipinski definition) is 6. The van der Waals surface area contributed by atoms with Crippen molar-refractivity contribution in [1.82, 2.24) is 25.0 Å². The third-order valence-electron chi connectivity index (χ3n) is 4.34. The average molecular weight is 349 g/mol. The number of ether oxygens (including phenoxy) is 1. The van der Waals surface area contributed by atoms with Crippen LogP contribution in [0.2, 0.25) is 0 Å². The molecule has 1 aliphatic rings. The van der Waals surface area contributed by atoms with E-state index >= 15 is 0 Å². The first kappa shape index (κ1) is 17.1. The Kier molecular flexibility index (Phi) is 5.27. The second kappa shape index (κ2) is 7.42. The summed E-state index contributed by atoms with van der Waals surface area (Å²) >= 11 is 1.68. The molecule has 2 atom stereocenters. The minimum Gasteiger partial charge on any atom is -0.367 e. The molecule has 2 unspecified atom stereocenters. The van der Waals surface area contributed by atoms with Crippen molar-refractivity contribution in [2.24, 2.45) is 0 Å². The van der Waals surface area contributed by atoms with Crippen LogP contribution in [0.25, 0.3) is 0 Å². The van der Waals surface area contributed by atoms with Crippen molar-refractivity contribution in [3.63, 3.8) is 0 Å². The Hall–Kier alpha value is -1.77. The van der Waals surface area contributed by atoms with E-state index in [4.69, 9.17) is 4.74 Å². The van der Waals surface area contributed by atoms with E-state index in [1.165, 1.54) is 4.88 Å². The second-order valence-electron chi connectivity index (χ2n) is 6.07. The number of thiophene rings is 1. The molecule has 0 aliphatic carbocycles. The fourth-order valence-electron chi connectivity index (χ4n) is 2.75. The van der Waals surface area contributed by atoms with Crippen LogP contribution in [0.15, 0.2) is 17.5 Å². The minimum absolute atomic E-state index is 0.0880. The van der Waals surface area contributed by atoms with Gasteiger partial charge >= 0.3 is 0 Å². The van der Waals surface area contributed by atoms with E-state index < -0.39 is 0 Å². The van der Waals surface area contributed by atoms with Crippen molar-refractivity contribution in [2.75, 3.05) is 33.3 Å². The number of nitrogens with one attached hydrogen (secondary N) is 1. The summed E-state index contributed by atoms with van der Waals surface area (Å²) in [6.45, 7) is 6.26. The Morgan fingerprint density at radius 3 is 3.12 bits per heavy atom. The lowest BCUT2D eigenvalue weighted by atomic mass is 10.2. The van der Waals surface area contributed by atoms with Crippen LogP contribution in [0.5, 0.6) is 0 Å². The molecule has 0 saturated carbocycles. The molecule has 0 aromatic carbocycles. The number of aryl methyl sites for hydroxylation is 1. The number of carbonyl (C=O) groups is 1. The first-order valence-corrected chi connectivity index (χ1v) is 8.94. The van der Waals surface area contributed by atoms with Gasteiger partial charge in [-0.3, -0.25) is 14.8 Å². The Morgan fingerprint density at radius 2 is 2.46 bits per heavy atom. The number of amides is 1. The van der Waals surface area contributed by atoms with Gasteiger partial charge in [0.15, 0.2) is 5.82 Å². The van der Waals surface area contributed by atoms with Crippen molar-refractivity contribution in [1.29, 1.82) is 0 Å². The van der Waals surface area contributed by atoms with E-state index in [1.807, 2.05) is 30.3 Å². The molecule has 8 heteroatoms. The van der Waals surface area contributed by atoms with Crippen LogP contribution in [-0.4, -0.2) is 64.2 Å². The van der Waals surface area contributed by atoms with Gasteiger partial charge in [0.05, 0.1) is 19.2 Å². The zero-order valence-corrected chi connectivity index (χ0v) is 15.0. The van der Waals surface area contributed by atoms with Gasteiger partial charge in [0.25, 0.3) is 0 Å². The highest BCUT2D eigenvalue weighted by atomic mass is 32.1. The summed E-state index contributed by atoms with van der Waals surface area (Å²) in [6.07, 6.45) is -0.184. The summed E-state index contributed by atoms with van der Waals surface area (Å²) in [5.41, 5.74) is 0. The summed E-state index contributed by atoms with van der Waals surface area (Å²) < 4.78 is 5.75. The number of H-pyrrole nitrogens is 1. The third-order valence-corrected chi connectivity index (χ3v) is 5.38. The molecule has 3 heterocycles. The van der Waals surface area contributed by atoms with Crippen molar-refractivity contribution >= 4 is 17.2 Å². The molecule has 24 heavy (non-hydrogen) atoms. The van der Waals surface area contributed by atoms with Crippen LogP contribution >= 0.6 is 11.3 Å². The van der Waals surface area contributed by atoms with Gasteiger partial charge in [0, 0.05) is 25.0 Å². The maximum atomic E-state index is 12.6. The lowest BCUT2D eigenvalue weighted by Crippen LogP contribution is -2.45. The van der Waals surface area contributed by atoms with Crippen molar-refractivity contribution in [3.05, 3.63) is 34.0 Å². The molecule has 0 spiro atoms. The Bertz CT molecular complexity index is 672. The molecular weight excluding hydrogens is 326 g/mol. The first-order valence-electron chi connectivity index (χ1n) is 8.06. The Morgan fingerprint density at radius 1 is 1.62 bits per heavy atom. The van der Waals surface area contributed by atoms with E-state index in [2.05, 4.69) is 33.1 Å². The van der Waals surface area contributed by atoms with E-state index in [9.17, 15) is 4.79 Å². The summed E-state index contributed by atoms with van der Waals surface area (Å²) in [5, 5.41) is 9.04. The predicted molar refractivity (Wildman–Crippen MR) is 91.8 cm³/mol. The Balaban J connectivity index is 1.57. The number of rotatable bonds is 5. The maximum Gasteiger partial charge on any atom is 0.237 e. The van der Waals surface area contributed by atoms with Crippen LogP contribution < -0.4 is 0 Å². The van der Waals surface area contributed by atoms with Gasteiger partial charge in [-0.15, -0.1) is 11.3 Å². The lowest BCUT2D eigenvalue weighted by molar-refractivity contribution is -0.135. The number of nitrogens with zero attached hydrogens (tertiary/aromatic N) is 4. The van der Waals surface area contributed by atoms with Crippen LogP contribution in [0.3, 0.4) is 0 Å². The van der Waals surface area contributed by atoms with Crippen LogP contribution in [0.1, 0.15) is 35.6 Å². The average Bonchev–Trinajstić information content (AvgIpc) is 3.25.